The topological polar surface area (TPSA) is 122 Å². The zero-order chi connectivity index (χ0) is 23.8. The molecule has 3 atom stereocenters. The van der Waals surface area contributed by atoms with E-state index in [1.54, 1.807) is 25.5 Å². The van der Waals surface area contributed by atoms with Crippen molar-refractivity contribution >= 4 is 11.7 Å². The average molecular weight is 455 g/mol. The van der Waals surface area contributed by atoms with Gasteiger partial charge >= 0.3 is 0 Å². The molecule has 1 amide bonds. The highest BCUT2D eigenvalue weighted by atomic mass is 16.5. The fourth-order valence-electron chi connectivity index (χ4n) is 3.73. The maximum Gasteiger partial charge on any atom is 0.239 e. The number of aliphatic hydroxyl groups is 1. The van der Waals surface area contributed by atoms with Gasteiger partial charge in [0.05, 0.1) is 18.3 Å². The average Bonchev–Trinajstić information content (AvgIpc) is 3.57. The van der Waals surface area contributed by atoms with Crippen LogP contribution in [-0.2, 0) is 9.53 Å². The number of aliphatic hydroxyl groups excluding tert-OH is 1. The Bertz CT molecular complexity index is 896. The van der Waals surface area contributed by atoms with E-state index in [1.165, 1.54) is 0 Å². The molecule has 4 N–H and O–H groups in total. The van der Waals surface area contributed by atoms with Crippen molar-refractivity contribution in [3.63, 3.8) is 0 Å². The highest BCUT2D eigenvalue weighted by Gasteiger charge is 2.29. The minimum atomic E-state index is -0.601. The Kier molecular flexibility index (Phi) is 8.83. The van der Waals surface area contributed by atoms with Gasteiger partial charge in [0.1, 0.15) is 18.3 Å². The van der Waals surface area contributed by atoms with Gasteiger partial charge in [-0.2, -0.15) is 5.26 Å². The first-order valence-corrected chi connectivity index (χ1v) is 11.4. The molecule has 1 aliphatic carbocycles. The number of ether oxygens (including phenoxy) is 1. The maximum atomic E-state index is 12.4. The Hall–Kier alpha value is -2.93. The number of amides is 1. The fraction of sp³-hybridized carbons (Fsp3) is 0.542. The van der Waals surface area contributed by atoms with Crippen LogP contribution >= 0.6 is 0 Å². The molecule has 3 unspecified atom stereocenters. The maximum absolute atomic E-state index is 12.4. The number of aliphatic imine (C=N–C) groups is 1. The van der Waals surface area contributed by atoms with Gasteiger partial charge in [-0.1, -0.05) is 12.7 Å². The second-order valence-electron chi connectivity index (χ2n) is 8.62. The molecule has 0 bridgehead atoms. The lowest BCUT2D eigenvalue weighted by Gasteiger charge is -2.27. The van der Waals surface area contributed by atoms with E-state index in [4.69, 9.17) is 10.00 Å². The number of hydrogen-bond acceptors (Lipinski definition) is 8. The fourth-order valence-corrected chi connectivity index (χ4v) is 3.73. The minimum absolute atomic E-state index is 0.0562. The summed E-state index contributed by atoms with van der Waals surface area (Å²) in [6.07, 6.45) is 10.4. The van der Waals surface area contributed by atoms with E-state index in [-0.39, 0.29) is 30.6 Å². The summed E-state index contributed by atoms with van der Waals surface area (Å²) in [4.78, 5) is 19.0. The van der Waals surface area contributed by atoms with Gasteiger partial charge in [-0.05, 0) is 44.8 Å². The third-order valence-electron chi connectivity index (χ3n) is 5.99. The molecule has 2 heterocycles. The van der Waals surface area contributed by atoms with Crippen LogP contribution in [0.5, 0.6) is 0 Å². The molecule has 3 aliphatic rings. The van der Waals surface area contributed by atoms with E-state index >= 15 is 0 Å². The molecule has 0 aromatic heterocycles. The number of methoxy groups -OCH3 is 1. The van der Waals surface area contributed by atoms with Crippen LogP contribution in [0.1, 0.15) is 32.6 Å². The van der Waals surface area contributed by atoms with E-state index in [9.17, 15) is 9.90 Å². The molecule has 1 saturated carbocycles. The van der Waals surface area contributed by atoms with Gasteiger partial charge in [-0.25, -0.2) is 4.99 Å². The molecule has 0 spiro atoms. The molecule has 178 valence electrons. The third kappa shape index (κ3) is 7.56. The monoisotopic (exact) mass is 454 g/mol. The summed E-state index contributed by atoms with van der Waals surface area (Å²) < 4.78 is 5.29. The quantitative estimate of drug-likeness (QED) is 0.211. The van der Waals surface area contributed by atoms with Crippen LogP contribution in [0.2, 0.25) is 0 Å². The SMILES string of the molecule is C=C(C#N)/C=C\C(=C\NC(O)C1CC1)C1=CCN(CC(=O)NCC2CCC(OC)N2)C(C)=N1. The van der Waals surface area contributed by atoms with Crippen LogP contribution in [0, 0.1) is 17.2 Å². The predicted molar refractivity (Wildman–Crippen MR) is 127 cm³/mol. The molecule has 2 aliphatic heterocycles. The van der Waals surface area contributed by atoms with Gasteiger partial charge in [-0.15, -0.1) is 0 Å². The van der Waals surface area contributed by atoms with Crippen LogP contribution in [0.4, 0.5) is 0 Å². The molecule has 33 heavy (non-hydrogen) atoms. The van der Waals surface area contributed by atoms with Crippen molar-refractivity contribution in [1.29, 1.82) is 5.26 Å². The van der Waals surface area contributed by atoms with Crippen LogP contribution in [-0.4, -0.2) is 67.0 Å². The molecule has 0 radical (unpaired) electrons. The zero-order valence-electron chi connectivity index (χ0n) is 19.4. The molecule has 2 fully saturated rings. The van der Waals surface area contributed by atoms with E-state index in [2.05, 4.69) is 27.5 Å². The summed E-state index contributed by atoms with van der Waals surface area (Å²) in [5, 5.41) is 28.5. The number of rotatable bonds is 11. The van der Waals surface area contributed by atoms with Crippen molar-refractivity contribution in [1.82, 2.24) is 20.9 Å². The molecule has 1 saturated heterocycles. The van der Waals surface area contributed by atoms with Crippen LogP contribution < -0.4 is 16.0 Å². The molecular weight excluding hydrogens is 420 g/mol. The van der Waals surface area contributed by atoms with Gasteiger partial charge in [0.2, 0.25) is 5.91 Å². The summed E-state index contributed by atoms with van der Waals surface area (Å²) in [5.41, 5.74) is 1.77. The summed E-state index contributed by atoms with van der Waals surface area (Å²) in [5.74, 6) is 0.946. The Labute approximate surface area is 195 Å². The number of carbonyl (C=O) groups excluding carboxylic acids is 1. The first kappa shape index (κ1) is 24.7. The van der Waals surface area contributed by atoms with Gasteiger partial charge in [-0.3, -0.25) is 10.1 Å². The van der Waals surface area contributed by atoms with E-state index in [1.807, 2.05) is 24.0 Å². The largest absolute Gasteiger partial charge is 0.374 e. The Morgan fingerprint density at radius 2 is 2.24 bits per heavy atom. The van der Waals surface area contributed by atoms with Crippen LogP contribution in [0.3, 0.4) is 0 Å². The zero-order valence-corrected chi connectivity index (χ0v) is 19.4. The number of hydrogen-bond donors (Lipinski definition) is 4. The van der Waals surface area contributed by atoms with Gasteiger partial charge in [0, 0.05) is 49.5 Å². The smallest absolute Gasteiger partial charge is 0.239 e. The highest BCUT2D eigenvalue weighted by Crippen LogP contribution is 2.31. The lowest BCUT2D eigenvalue weighted by molar-refractivity contribution is -0.121. The van der Waals surface area contributed by atoms with Crippen molar-refractivity contribution in [3.8, 4) is 6.07 Å². The van der Waals surface area contributed by atoms with Gasteiger partial charge < -0.3 is 25.4 Å². The summed E-state index contributed by atoms with van der Waals surface area (Å²) in [6.45, 7) is 6.86. The van der Waals surface area contributed by atoms with Crippen LogP contribution in [0.25, 0.3) is 0 Å². The van der Waals surface area contributed by atoms with Crippen molar-refractivity contribution in [3.05, 3.63) is 47.9 Å². The van der Waals surface area contributed by atoms with E-state index in [0.717, 1.165) is 37.1 Å². The first-order valence-electron chi connectivity index (χ1n) is 11.4. The minimum Gasteiger partial charge on any atom is -0.374 e. The first-order chi connectivity index (χ1) is 15.9. The lowest BCUT2D eigenvalue weighted by atomic mass is 10.1. The molecular formula is C24H34N6O3. The van der Waals surface area contributed by atoms with Crippen molar-refractivity contribution < 1.29 is 14.6 Å². The van der Waals surface area contributed by atoms with Crippen LogP contribution in [0.15, 0.2) is 52.8 Å². The second kappa shape index (κ2) is 11.8. The van der Waals surface area contributed by atoms with Crippen molar-refractivity contribution in [2.75, 3.05) is 26.7 Å². The number of amidine groups is 1. The Morgan fingerprint density at radius 1 is 1.45 bits per heavy atom. The highest BCUT2D eigenvalue weighted by molar-refractivity contribution is 5.88. The standard InChI is InChI=1S/C24H34N6O3/c1-16(12-25)4-5-19(13-27-24(32)18-6-7-18)21-10-11-30(17(2)28-21)15-22(31)26-14-20-8-9-23(29-20)33-3/h4-5,10,13,18,20,23-24,27,29,32H,1,6-9,11,14-15H2,2-3H3,(H,26,31)/b5-4-,19-13-. The van der Waals surface area contributed by atoms with Crippen molar-refractivity contribution in [2.45, 2.75) is 51.1 Å². The number of nitriles is 1. The Morgan fingerprint density at radius 3 is 2.88 bits per heavy atom. The number of carbonyl (C=O) groups is 1. The van der Waals surface area contributed by atoms with E-state index in [0.29, 0.717) is 24.4 Å². The molecule has 9 nitrogen and oxygen atoms in total. The Balaban J connectivity index is 1.56. The third-order valence-corrected chi connectivity index (χ3v) is 5.99. The summed E-state index contributed by atoms with van der Waals surface area (Å²) in [6, 6.07) is 2.22. The molecule has 0 aromatic rings. The predicted octanol–water partition coefficient (Wildman–Crippen LogP) is 1.28. The molecule has 0 aromatic carbocycles. The molecule has 9 heteroatoms. The molecule has 3 rings (SSSR count). The number of allylic oxidation sites excluding steroid dienone is 3. The number of nitrogens with one attached hydrogen (secondary N) is 3. The van der Waals surface area contributed by atoms with Crippen molar-refractivity contribution in [2.24, 2.45) is 10.9 Å². The van der Waals surface area contributed by atoms with Gasteiger partial charge in [0.25, 0.3) is 0 Å². The van der Waals surface area contributed by atoms with Gasteiger partial charge in [0.15, 0.2) is 0 Å². The van der Waals surface area contributed by atoms with E-state index < -0.39 is 6.23 Å². The number of nitrogens with zero attached hydrogens (tertiary/aromatic N) is 3. The summed E-state index contributed by atoms with van der Waals surface area (Å²) >= 11 is 0. The second-order valence-corrected chi connectivity index (χ2v) is 8.62. The normalized spacial score (nSPS) is 24.2. The lowest BCUT2D eigenvalue weighted by Crippen LogP contribution is -2.45. The summed E-state index contributed by atoms with van der Waals surface area (Å²) in [7, 11) is 1.68.